The van der Waals surface area contributed by atoms with Crippen LogP contribution in [0.25, 0.3) is 0 Å². The standard InChI is InChI=1S/C21H25N3O3S/c1-15(2)19-7-5-6-16(3)21(19)24(28(4,26)27)13-12-20(25)23-18-10-8-17(14-22)9-11-18/h5-11,15H,12-13H2,1-4H3,(H,23,25). The Morgan fingerprint density at radius 3 is 2.36 bits per heavy atom. The predicted octanol–water partition coefficient (Wildman–Crippen LogP) is 3.78. The SMILES string of the molecule is Cc1cccc(C(C)C)c1N(CCC(=O)Nc1ccc(C#N)cc1)S(C)(=O)=O. The Balaban J connectivity index is 2.20. The van der Waals surface area contributed by atoms with E-state index < -0.39 is 10.0 Å². The monoisotopic (exact) mass is 399 g/mol. The van der Waals surface area contributed by atoms with Crippen LogP contribution in [0.5, 0.6) is 0 Å². The molecule has 0 unspecified atom stereocenters. The van der Waals surface area contributed by atoms with Gasteiger partial charge in [0.25, 0.3) is 0 Å². The molecule has 1 N–H and O–H groups in total. The van der Waals surface area contributed by atoms with Crippen LogP contribution in [-0.4, -0.2) is 27.1 Å². The number of nitriles is 1. The van der Waals surface area contributed by atoms with Crippen LogP contribution in [0.4, 0.5) is 11.4 Å². The molecular weight excluding hydrogens is 374 g/mol. The quantitative estimate of drug-likeness (QED) is 0.767. The fourth-order valence-electron chi connectivity index (χ4n) is 2.99. The van der Waals surface area contributed by atoms with Gasteiger partial charge in [-0.05, 0) is 48.2 Å². The van der Waals surface area contributed by atoms with E-state index in [4.69, 9.17) is 5.26 Å². The topological polar surface area (TPSA) is 90.3 Å². The second kappa shape index (κ2) is 8.89. The Labute approximate surface area is 166 Å². The van der Waals surface area contributed by atoms with Gasteiger partial charge in [0.15, 0.2) is 0 Å². The lowest BCUT2D eigenvalue weighted by molar-refractivity contribution is -0.116. The highest BCUT2D eigenvalue weighted by Crippen LogP contribution is 2.32. The average Bonchev–Trinajstić information content (AvgIpc) is 2.62. The van der Waals surface area contributed by atoms with Gasteiger partial charge in [0.1, 0.15) is 0 Å². The molecule has 6 nitrogen and oxygen atoms in total. The number of benzene rings is 2. The normalized spacial score (nSPS) is 11.1. The van der Waals surface area contributed by atoms with Gasteiger partial charge in [-0.1, -0.05) is 32.0 Å². The lowest BCUT2D eigenvalue weighted by Gasteiger charge is -2.28. The van der Waals surface area contributed by atoms with Gasteiger partial charge < -0.3 is 5.32 Å². The number of para-hydroxylation sites is 1. The average molecular weight is 400 g/mol. The van der Waals surface area contributed by atoms with E-state index >= 15 is 0 Å². The van der Waals surface area contributed by atoms with Crippen LogP contribution in [0, 0.1) is 18.3 Å². The maximum atomic E-state index is 12.5. The van der Waals surface area contributed by atoms with E-state index in [1.54, 1.807) is 24.3 Å². The molecule has 0 aliphatic rings. The smallest absolute Gasteiger partial charge is 0.232 e. The minimum absolute atomic E-state index is 0.0128. The van der Waals surface area contributed by atoms with Crippen molar-refractivity contribution in [3.63, 3.8) is 0 Å². The summed E-state index contributed by atoms with van der Waals surface area (Å²) in [6.07, 6.45) is 1.17. The first-order chi connectivity index (χ1) is 13.1. The summed E-state index contributed by atoms with van der Waals surface area (Å²) in [4.78, 5) is 12.3. The van der Waals surface area contributed by atoms with Gasteiger partial charge in [-0.3, -0.25) is 9.10 Å². The van der Waals surface area contributed by atoms with Gasteiger partial charge >= 0.3 is 0 Å². The summed E-state index contributed by atoms with van der Waals surface area (Å²) in [6.45, 7) is 5.94. The molecule has 0 spiro atoms. The summed E-state index contributed by atoms with van der Waals surface area (Å²) < 4.78 is 26.2. The van der Waals surface area contributed by atoms with Gasteiger partial charge in [0.2, 0.25) is 15.9 Å². The number of anilines is 2. The summed E-state index contributed by atoms with van der Waals surface area (Å²) in [5.74, 6) is -0.148. The number of nitrogens with one attached hydrogen (secondary N) is 1. The van der Waals surface area contributed by atoms with Crippen molar-refractivity contribution in [3.05, 3.63) is 59.2 Å². The van der Waals surface area contributed by atoms with E-state index in [9.17, 15) is 13.2 Å². The molecule has 0 bridgehead atoms. The highest BCUT2D eigenvalue weighted by Gasteiger charge is 2.24. The van der Waals surface area contributed by atoms with E-state index in [1.807, 2.05) is 45.0 Å². The Kier molecular flexibility index (Phi) is 6.81. The minimum atomic E-state index is -3.56. The van der Waals surface area contributed by atoms with Gasteiger partial charge in [0.05, 0.1) is 23.6 Å². The minimum Gasteiger partial charge on any atom is -0.326 e. The Hall–Kier alpha value is -2.85. The fourth-order valence-corrected chi connectivity index (χ4v) is 3.99. The van der Waals surface area contributed by atoms with Crippen molar-refractivity contribution < 1.29 is 13.2 Å². The molecule has 0 fully saturated rings. The summed E-state index contributed by atoms with van der Waals surface area (Å²) in [6, 6.07) is 14.2. The molecule has 0 radical (unpaired) electrons. The van der Waals surface area contributed by atoms with Crippen LogP contribution in [-0.2, 0) is 14.8 Å². The van der Waals surface area contributed by atoms with E-state index in [2.05, 4.69) is 5.32 Å². The fraction of sp³-hybridized carbons (Fsp3) is 0.333. The molecule has 0 saturated carbocycles. The van der Waals surface area contributed by atoms with Crippen LogP contribution < -0.4 is 9.62 Å². The number of hydrogen-bond acceptors (Lipinski definition) is 4. The van der Waals surface area contributed by atoms with Gasteiger partial charge in [0, 0.05) is 18.7 Å². The Morgan fingerprint density at radius 2 is 1.82 bits per heavy atom. The van der Waals surface area contributed by atoms with Crippen molar-refractivity contribution in [1.82, 2.24) is 0 Å². The highest BCUT2D eigenvalue weighted by atomic mass is 32.2. The van der Waals surface area contributed by atoms with Crippen LogP contribution in [0.2, 0.25) is 0 Å². The van der Waals surface area contributed by atoms with Crippen molar-refractivity contribution in [2.24, 2.45) is 0 Å². The van der Waals surface area contributed by atoms with Gasteiger partial charge in [-0.15, -0.1) is 0 Å². The molecular formula is C21H25N3O3S. The molecule has 0 aliphatic heterocycles. The first-order valence-electron chi connectivity index (χ1n) is 9.00. The van der Waals surface area contributed by atoms with E-state index in [0.29, 0.717) is 16.9 Å². The summed E-state index contributed by atoms with van der Waals surface area (Å²) in [7, 11) is -3.56. The van der Waals surface area contributed by atoms with E-state index in [1.165, 1.54) is 4.31 Å². The lowest BCUT2D eigenvalue weighted by atomic mass is 9.98. The van der Waals surface area contributed by atoms with Gasteiger partial charge in [-0.2, -0.15) is 5.26 Å². The molecule has 2 rings (SSSR count). The second-order valence-corrected chi connectivity index (χ2v) is 8.90. The third kappa shape index (κ3) is 5.33. The van der Waals surface area contributed by atoms with Crippen LogP contribution in [0.1, 0.15) is 42.9 Å². The Bertz CT molecular complexity index is 991. The maximum Gasteiger partial charge on any atom is 0.232 e. The van der Waals surface area contributed by atoms with Crippen molar-refractivity contribution in [3.8, 4) is 6.07 Å². The van der Waals surface area contributed by atoms with Gasteiger partial charge in [-0.25, -0.2) is 8.42 Å². The zero-order valence-electron chi connectivity index (χ0n) is 16.6. The molecule has 0 saturated heterocycles. The zero-order chi connectivity index (χ0) is 20.9. The molecule has 2 aromatic carbocycles. The second-order valence-electron chi connectivity index (χ2n) is 6.99. The number of nitrogens with zero attached hydrogens (tertiary/aromatic N) is 2. The van der Waals surface area contributed by atoms with Crippen molar-refractivity contribution in [2.75, 3.05) is 22.4 Å². The molecule has 0 atom stereocenters. The van der Waals surface area contributed by atoms with Crippen LogP contribution in [0.15, 0.2) is 42.5 Å². The molecule has 7 heteroatoms. The van der Waals surface area contributed by atoms with E-state index in [0.717, 1.165) is 17.4 Å². The van der Waals surface area contributed by atoms with Crippen LogP contribution >= 0.6 is 0 Å². The molecule has 0 heterocycles. The highest BCUT2D eigenvalue weighted by molar-refractivity contribution is 7.92. The Morgan fingerprint density at radius 1 is 1.18 bits per heavy atom. The number of carbonyl (C=O) groups is 1. The first-order valence-corrected chi connectivity index (χ1v) is 10.9. The number of sulfonamides is 1. The summed E-state index contributed by atoms with van der Waals surface area (Å²) >= 11 is 0. The first kappa shape index (κ1) is 21.5. The van der Waals surface area contributed by atoms with Crippen molar-refractivity contribution >= 4 is 27.3 Å². The number of amides is 1. The predicted molar refractivity (Wildman–Crippen MR) is 112 cm³/mol. The molecule has 1 amide bonds. The van der Waals surface area contributed by atoms with Crippen LogP contribution in [0.3, 0.4) is 0 Å². The third-order valence-corrected chi connectivity index (χ3v) is 5.55. The summed E-state index contributed by atoms with van der Waals surface area (Å²) in [5, 5.41) is 11.6. The number of hydrogen-bond donors (Lipinski definition) is 1. The third-order valence-electron chi connectivity index (χ3n) is 4.38. The number of aryl methyl sites for hydroxylation is 1. The molecule has 2 aromatic rings. The number of rotatable bonds is 7. The maximum absolute atomic E-state index is 12.5. The largest absolute Gasteiger partial charge is 0.326 e. The lowest BCUT2D eigenvalue weighted by Crippen LogP contribution is -2.34. The van der Waals surface area contributed by atoms with Crippen molar-refractivity contribution in [1.29, 1.82) is 5.26 Å². The summed E-state index contributed by atoms with van der Waals surface area (Å²) in [5.41, 5.74) is 3.49. The zero-order valence-corrected chi connectivity index (χ0v) is 17.4. The molecule has 148 valence electrons. The molecule has 0 aromatic heterocycles. The van der Waals surface area contributed by atoms with Crippen molar-refractivity contribution in [2.45, 2.75) is 33.1 Å². The number of carbonyl (C=O) groups excluding carboxylic acids is 1. The molecule has 28 heavy (non-hydrogen) atoms. The molecule has 0 aliphatic carbocycles. The van der Waals surface area contributed by atoms with E-state index in [-0.39, 0.29) is 24.8 Å².